The summed E-state index contributed by atoms with van der Waals surface area (Å²) in [5.74, 6) is 0.942. The number of fused-ring (bicyclic) bond motifs is 6. The molecule has 2 aromatic heterocycles. The van der Waals surface area contributed by atoms with Crippen LogP contribution < -0.4 is 20.7 Å². The Labute approximate surface area is 364 Å². The Kier molecular flexibility index (Phi) is 9.13. The van der Waals surface area contributed by atoms with Crippen molar-refractivity contribution in [2.45, 2.75) is 32.7 Å². The maximum Gasteiger partial charge on any atom is 0.180 e. The molecule has 4 heteroatoms. The van der Waals surface area contributed by atoms with Gasteiger partial charge in [-0.05, 0) is 91.4 Å². The zero-order valence-electron chi connectivity index (χ0n) is 35.3. The lowest BCUT2D eigenvalue weighted by molar-refractivity contribution is 0.660. The van der Waals surface area contributed by atoms with E-state index in [1.54, 1.807) is 0 Å². The van der Waals surface area contributed by atoms with Crippen LogP contribution in [0.25, 0.3) is 62.2 Å². The molecule has 11 rings (SSSR count). The minimum absolute atomic E-state index is 0.220. The van der Waals surface area contributed by atoms with E-state index in [-0.39, 0.29) is 5.41 Å². The van der Waals surface area contributed by atoms with Crippen molar-refractivity contribution in [1.82, 2.24) is 14.1 Å². The fourth-order valence-electron chi connectivity index (χ4n) is 10.4. The molecule has 0 saturated carbocycles. The Morgan fingerprint density at radius 2 is 1.10 bits per heavy atom. The molecule has 0 radical (unpaired) electrons. The van der Waals surface area contributed by atoms with Crippen LogP contribution in [0, 0.1) is 0 Å². The summed E-state index contributed by atoms with van der Waals surface area (Å²) in [5.41, 5.74) is 12.4. The van der Waals surface area contributed by atoms with E-state index in [1.165, 1.54) is 75.9 Å². The van der Waals surface area contributed by atoms with Crippen molar-refractivity contribution in [1.29, 1.82) is 0 Å². The molecular weight excluding hydrogens is 767 g/mol. The van der Waals surface area contributed by atoms with Crippen LogP contribution in [0.15, 0.2) is 207 Å². The SMILES string of the molecule is CCn1c2ccccc2c2cc(/C=C/c3ccc4c(c3)C(C)(C)c3cc([Si](c5ccccc5)(c5ccccc5)c5ccccc5-c5nccn5-c5ccccc5)ccc3-4)ccc21. The highest BCUT2D eigenvalue weighted by atomic mass is 28.3. The van der Waals surface area contributed by atoms with Crippen molar-refractivity contribution in [2.75, 3.05) is 0 Å². The van der Waals surface area contributed by atoms with Crippen molar-refractivity contribution in [2.24, 2.45) is 0 Å². The lowest BCUT2D eigenvalue weighted by Gasteiger charge is -2.36. The summed E-state index contributed by atoms with van der Waals surface area (Å²) in [6.07, 6.45) is 8.56. The van der Waals surface area contributed by atoms with E-state index in [9.17, 15) is 0 Å². The van der Waals surface area contributed by atoms with Crippen molar-refractivity contribution >= 4 is 62.8 Å². The van der Waals surface area contributed by atoms with E-state index in [4.69, 9.17) is 4.98 Å². The predicted molar refractivity (Wildman–Crippen MR) is 264 cm³/mol. The maximum absolute atomic E-state index is 5.08. The van der Waals surface area contributed by atoms with Gasteiger partial charge in [0.1, 0.15) is 5.82 Å². The number of para-hydroxylation sites is 2. The Balaban J connectivity index is 1.05. The second-order valence-electron chi connectivity index (χ2n) is 17.0. The number of hydrogen-bond acceptors (Lipinski definition) is 1. The highest BCUT2D eigenvalue weighted by Crippen LogP contribution is 2.49. The van der Waals surface area contributed by atoms with Crippen LogP contribution in [0.1, 0.15) is 43.0 Å². The van der Waals surface area contributed by atoms with Gasteiger partial charge in [-0.25, -0.2) is 4.98 Å². The number of nitrogens with zero attached hydrogens (tertiary/aromatic N) is 3. The quantitative estimate of drug-likeness (QED) is 0.0809. The van der Waals surface area contributed by atoms with E-state index in [0.29, 0.717) is 0 Å². The standard InChI is InChI=1S/C58H47N3Si/c1-4-60-54-26-16-14-24-49(54)51-38-41(31-35-55(51)60)28-29-42-30-33-47-48-34-32-46(40-53(48)58(2,3)52(47)39-42)62(44-20-10-6-11-21-44,45-22-12-7-13-23-45)56-27-17-15-25-50(56)57-59-36-37-61(57)43-18-8-5-9-19-43/h5-40H,4H2,1-3H3/b29-28+. The molecular formula is C58H47N3Si. The van der Waals surface area contributed by atoms with Gasteiger partial charge < -0.3 is 4.57 Å². The Morgan fingerprint density at radius 1 is 0.516 bits per heavy atom. The molecule has 0 saturated heterocycles. The van der Waals surface area contributed by atoms with Gasteiger partial charge in [0, 0.05) is 57.4 Å². The van der Waals surface area contributed by atoms with Gasteiger partial charge in [0.15, 0.2) is 8.07 Å². The lowest BCUT2D eigenvalue weighted by atomic mass is 9.82. The number of imidazole rings is 1. The third kappa shape index (κ3) is 5.89. The summed E-state index contributed by atoms with van der Waals surface area (Å²) in [4.78, 5) is 5.08. The van der Waals surface area contributed by atoms with Gasteiger partial charge in [-0.2, -0.15) is 0 Å². The third-order valence-electron chi connectivity index (χ3n) is 13.4. The Bertz CT molecular complexity index is 3260. The fraction of sp³-hybridized carbons (Fsp3) is 0.0862. The molecule has 0 unspecified atom stereocenters. The van der Waals surface area contributed by atoms with Crippen molar-refractivity contribution < 1.29 is 0 Å². The molecule has 298 valence electrons. The summed E-state index contributed by atoms with van der Waals surface area (Å²) in [6, 6.07) is 72.2. The van der Waals surface area contributed by atoms with Crippen LogP contribution in [0.4, 0.5) is 0 Å². The molecule has 0 spiro atoms. The number of benzene rings is 8. The zero-order chi connectivity index (χ0) is 41.8. The van der Waals surface area contributed by atoms with Crippen LogP contribution in [-0.2, 0) is 12.0 Å². The highest BCUT2D eigenvalue weighted by Gasteiger charge is 2.45. The molecule has 1 aliphatic rings. The molecule has 0 fully saturated rings. The van der Waals surface area contributed by atoms with Crippen LogP contribution in [0.5, 0.6) is 0 Å². The minimum Gasteiger partial charge on any atom is -0.341 e. The molecule has 62 heavy (non-hydrogen) atoms. The molecule has 0 atom stereocenters. The first kappa shape index (κ1) is 37.7. The maximum atomic E-state index is 5.08. The number of rotatable bonds is 9. The summed E-state index contributed by atoms with van der Waals surface area (Å²) in [7, 11) is -3.00. The largest absolute Gasteiger partial charge is 0.341 e. The van der Waals surface area contributed by atoms with Crippen molar-refractivity contribution in [3.8, 4) is 28.2 Å². The van der Waals surface area contributed by atoms with Crippen LogP contribution in [0.3, 0.4) is 0 Å². The van der Waals surface area contributed by atoms with Crippen LogP contribution >= 0.6 is 0 Å². The van der Waals surface area contributed by atoms with E-state index < -0.39 is 8.07 Å². The van der Waals surface area contributed by atoms with E-state index in [1.807, 2.05) is 6.20 Å². The van der Waals surface area contributed by atoms with Crippen LogP contribution in [-0.4, -0.2) is 22.2 Å². The second kappa shape index (κ2) is 15.0. The minimum atomic E-state index is -3.00. The summed E-state index contributed by atoms with van der Waals surface area (Å²) in [5, 5.41) is 7.98. The van der Waals surface area contributed by atoms with E-state index >= 15 is 0 Å². The Hall–Kier alpha value is -7.27. The first-order valence-electron chi connectivity index (χ1n) is 21.8. The highest BCUT2D eigenvalue weighted by molar-refractivity contribution is 7.20. The summed E-state index contributed by atoms with van der Waals surface area (Å²) < 4.78 is 4.64. The Morgan fingerprint density at radius 3 is 1.82 bits per heavy atom. The van der Waals surface area contributed by atoms with Gasteiger partial charge in [-0.3, -0.25) is 4.57 Å². The average molecular weight is 814 g/mol. The molecule has 0 N–H and O–H groups in total. The van der Waals surface area contributed by atoms with Crippen LogP contribution in [0.2, 0.25) is 0 Å². The smallest absolute Gasteiger partial charge is 0.180 e. The van der Waals surface area contributed by atoms with E-state index in [2.05, 4.69) is 242 Å². The van der Waals surface area contributed by atoms with Gasteiger partial charge in [-0.15, -0.1) is 0 Å². The normalized spacial score (nSPS) is 13.2. The lowest BCUT2D eigenvalue weighted by Crippen LogP contribution is -2.75. The van der Waals surface area contributed by atoms with Crippen molar-refractivity contribution in [3.05, 3.63) is 229 Å². The molecule has 0 aliphatic heterocycles. The molecule has 0 bridgehead atoms. The number of aromatic nitrogens is 3. The second-order valence-corrected chi connectivity index (χ2v) is 20.8. The van der Waals surface area contributed by atoms with Gasteiger partial charge in [-0.1, -0.05) is 190 Å². The van der Waals surface area contributed by atoms with Gasteiger partial charge in [0.05, 0.1) is 0 Å². The fourth-order valence-corrected chi connectivity index (χ4v) is 15.4. The number of aryl methyl sites for hydroxylation is 1. The van der Waals surface area contributed by atoms with Gasteiger partial charge in [0.2, 0.25) is 0 Å². The molecule has 3 nitrogen and oxygen atoms in total. The summed E-state index contributed by atoms with van der Waals surface area (Å²) >= 11 is 0. The monoisotopic (exact) mass is 813 g/mol. The van der Waals surface area contributed by atoms with Crippen molar-refractivity contribution in [3.63, 3.8) is 0 Å². The van der Waals surface area contributed by atoms with E-state index in [0.717, 1.165) is 23.6 Å². The first-order chi connectivity index (χ1) is 30.5. The third-order valence-corrected chi connectivity index (χ3v) is 18.2. The molecule has 0 amide bonds. The first-order valence-corrected chi connectivity index (χ1v) is 23.8. The number of hydrogen-bond donors (Lipinski definition) is 0. The summed E-state index contributed by atoms with van der Waals surface area (Å²) in [6.45, 7) is 7.99. The molecule has 8 aromatic carbocycles. The molecule has 1 aliphatic carbocycles. The predicted octanol–water partition coefficient (Wildman–Crippen LogP) is 11.5. The molecule has 10 aromatic rings. The van der Waals surface area contributed by atoms with Gasteiger partial charge in [0.25, 0.3) is 0 Å². The molecule has 2 heterocycles. The zero-order valence-corrected chi connectivity index (χ0v) is 36.3. The van der Waals surface area contributed by atoms with Gasteiger partial charge >= 0.3 is 0 Å². The topological polar surface area (TPSA) is 22.8 Å². The average Bonchev–Trinajstić information content (AvgIpc) is 4.01.